The second kappa shape index (κ2) is 10.3. The van der Waals surface area contributed by atoms with Gasteiger partial charge in [0.25, 0.3) is 0 Å². The van der Waals surface area contributed by atoms with E-state index in [1.807, 2.05) is 36.4 Å². The van der Waals surface area contributed by atoms with E-state index in [1.54, 1.807) is 11.3 Å². The zero-order chi connectivity index (χ0) is 18.0. The highest BCUT2D eigenvalue weighted by molar-refractivity contribution is 7.09. The third-order valence-corrected chi connectivity index (χ3v) is 5.11. The molecule has 0 saturated carbocycles. The highest BCUT2D eigenvalue weighted by Crippen LogP contribution is 2.17. The van der Waals surface area contributed by atoms with Gasteiger partial charge in [-0.2, -0.15) is 0 Å². The van der Waals surface area contributed by atoms with Crippen molar-refractivity contribution >= 4 is 17.2 Å². The first-order valence-electron chi connectivity index (χ1n) is 9.10. The molecule has 0 bridgehead atoms. The largest absolute Gasteiger partial charge is 0.492 e. The van der Waals surface area contributed by atoms with Gasteiger partial charge < -0.3 is 14.8 Å². The molecule has 5 nitrogen and oxygen atoms in total. The Hall–Kier alpha value is -1.89. The number of amides is 1. The van der Waals surface area contributed by atoms with Gasteiger partial charge in [-0.1, -0.05) is 24.3 Å². The summed E-state index contributed by atoms with van der Waals surface area (Å²) in [6.07, 6.45) is 2.43. The Balaban J connectivity index is 1.41. The zero-order valence-electron chi connectivity index (χ0n) is 14.9. The summed E-state index contributed by atoms with van der Waals surface area (Å²) in [4.78, 5) is 15.8. The molecule has 1 N–H and O–H groups in total. The number of benzene rings is 1. The van der Waals surface area contributed by atoms with Gasteiger partial charge in [0, 0.05) is 24.6 Å². The predicted octanol–water partition coefficient (Wildman–Crippen LogP) is 2.92. The fraction of sp³-hybridized carbons (Fsp3) is 0.450. The van der Waals surface area contributed by atoms with E-state index in [9.17, 15) is 4.79 Å². The number of ether oxygens (including phenoxy) is 2. The third kappa shape index (κ3) is 6.44. The minimum Gasteiger partial charge on any atom is -0.492 e. The Kier molecular flexibility index (Phi) is 7.49. The molecule has 1 saturated heterocycles. The van der Waals surface area contributed by atoms with Crippen LogP contribution in [-0.4, -0.2) is 49.8 Å². The number of para-hydroxylation sites is 1. The first-order valence-corrected chi connectivity index (χ1v) is 9.98. The molecule has 1 aliphatic heterocycles. The molecule has 26 heavy (non-hydrogen) atoms. The van der Waals surface area contributed by atoms with Crippen molar-refractivity contribution in [2.24, 2.45) is 0 Å². The van der Waals surface area contributed by atoms with Gasteiger partial charge in [-0.05, 0) is 36.4 Å². The van der Waals surface area contributed by atoms with Crippen LogP contribution in [0.4, 0.5) is 0 Å². The number of carbonyl (C=O) groups is 1. The Labute approximate surface area is 158 Å². The van der Waals surface area contributed by atoms with Gasteiger partial charge in [0.2, 0.25) is 5.91 Å². The maximum absolute atomic E-state index is 12.3. The molecule has 3 rings (SSSR count). The average Bonchev–Trinajstić information content (AvgIpc) is 3.34. The van der Waals surface area contributed by atoms with E-state index in [1.165, 1.54) is 4.88 Å². The molecule has 2 aromatic rings. The molecule has 0 aliphatic carbocycles. The molecular weight excluding hydrogens is 348 g/mol. The van der Waals surface area contributed by atoms with Crippen molar-refractivity contribution in [1.29, 1.82) is 0 Å². The molecule has 140 valence electrons. The molecule has 1 amide bonds. The molecule has 1 fully saturated rings. The maximum Gasteiger partial charge on any atom is 0.234 e. The fourth-order valence-corrected chi connectivity index (χ4v) is 3.77. The van der Waals surface area contributed by atoms with E-state index in [4.69, 9.17) is 9.47 Å². The van der Waals surface area contributed by atoms with E-state index in [-0.39, 0.29) is 12.0 Å². The van der Waals surface area contributed by atoms with Crippen LogP contribution in [0.2, 0.25) is 0 Å². The highest BCUT2D eigenvalue weighted by Gasteiger charge is 2.21. The number of hydrogen-bond acceptors (Lipinski definition) is 5. The molecule has 1 atom stereocenters. The van der Waals surface area contributed by atoms with E-state index < -0.39 is 0 Å². The predicted molar refractivity (Wildman–Crippen MR) is 104 cm³/mol. The van der Waals surface area contributed by atoms with Gasteiger partial charge in [-0.25, -0.2) is 0 Å². The first-order chi connectivity index (χ1) is 12.8. The van der Waals surface area contributed by atoms with Crippen LogP contribution < -0.4 is 10.1 Å². The molecule has 0 spiro atoms. The Bertz CT molecular complexity index is 642. The van der Waals surface area contributed by atoms with Gasteiger partial charge in [0.15, 0.2) is 0 Å². The van der Waals surface area contributed by atoms with Crippen LogP contribution in [0.5, 0.6) is 5.75 Å². The summed E-state index contributed by atoms with van der Waals surface area (Å²) in [5, 5.41) is 5.01. The van der Waals surface area contributed by atoms with Crippen LogP contribution in [0, 0.1) is 0 Å². The lowest BCUT2D eigenvalue weighted by Crippen LogP contribution is -2.41. The second-order valence-electron chi connectivity index (χ2n) is 6.40. The average molecular weight is 375 g/mol. The van der Waals surface area contributed by atoms with Crippen LogP contribution in [0.25, 0.3) is 0 Å². The molecule has 1 unspecified atom stereocenters. The Morgan fingerprint density at radius 1 is 1.27 bits per heavy atom. The van der Waals surface area contributed by atoms with Crippen LogP contribution in [-0.2, 0) is 16.1 Å². The zero-order valence-corrected chi connectivity index (χ0v) is 15.7. The summed E-state index contributed by atoms with van der Waals surface area (Å²) < 4.78 is 11.3. The third-order valence-electron chi connectivity index (χ3n) is 4.25. The molecule has 0 radical (unpaired) electrons. The number of carbonyl (C=O) groups excluding carboxylic acids is 1. The van der Waals surface area contributed by atoms with Gasteiger partial charge in [0.05, 0.1) is 19.2 Å². The van der Waals surface area contributed by atoms with Crippen molar-refractivity contribution in [1.82, 2.24) is 10.2 Å². The molecule has 6 heteroatoms. The Morgan fingerprint density at radius 3 is 2.88 bits per heavy atom. The van der Waals surface area contributed by atoms with Crippen LogP contribution in [0.1, 0.15) is 17.7 Å². The lowest BCUT2D eigenvalue weighted by molar-refractivity contribution is -0.122. The maximum atomic E-state index is 12.3. The monoisotopic (exact) mass is 374 g/mol. The molecule has 1 aliphatic rings. The van der Waals surface area contributed by atoms with Crippen molar-refractivity contribution in [3.05, 3.63) is 52.7 Å². The highest BCUT2D eigenvalue weighted by atomic mass is 32.1. The number of nitrogens with one attached hydrogen (secondary N) is 1. The molecule has 1 aromatic heterocycles. The van der Waals surface area contributed by atoms with Gasteiger partial charge >= 0.3 is 0 Å². The van der Waals surface area contributed by atoms with E-state index >= 15 is 0 Å². The SMILES string of the molecule is O=C(CN(Cc1cccs1)CC1CCCO1)NCCOc1ccccc1. The number of nitrogens with zero attached hydrogens (tertiary/aromatic N) is 1. The molecule has 2 heterocycles. The van der Waals surface area contributed by atoms with Crippen molar-refractivity contribution in [2.45, 2.75) is 25.5 Å². The van der Waals surface area contributed by atoms with Gasteiger partial charge in [-0.15, -0.1) is 11.3 Å². The van der Waals surface area contributed by atoms with Crippen LogP contribution in [0.3, 0.4) is 0 Å². The summed E-state index contributed by atoms with van der Waals surface area (Å²) >= 11 is 1.72. The quantitative estimate of drug-likeness (QED) is 0.650. The van der Waals surface area contributed by atoms with Crippen molar-refractivity contribution in [3.8, 4) is 5.75 Å². The van der Waals surface area contributed by atoms with E-state index in [2.05, 4.69) is 21.7 Å². The van der Waals surface area contributed by atoms with Gasteiger partial charge in [-0.3, -0.25) is 9.69 Å². The normalized spacial score (nSPS) is 16.7. The summed E-state index contributed by atoms with van der Waals surface area (Å²) in [6.45, 7) is 3.76. The summed E-state index contributed by atoms with van der Waals surface area (Å²) in [7, 11) is 0. The number of hydrogen-bond donors (Lipinski definition) is 1. The van der Waals surface area contributed by atoms with Gasteiger partial charge in [0.1, 0.15) is 12.4 Å². The second-order valence-corrected chi connectivity index (χ2v) is 7.43. The van der Waals surface area contributed by atoms with E-state index in [0.29, 0.717) is 19.7 Å². The summed E-state index contributed by atoms with van der Waals surface area (Å²) in [5.41, 5.74) is 0. The Morgan fingerprint density at radius 2 is 2.15 bits per heavy atom. The smallest absolute Gasteiger partial charge is 0.234 e. The van der Waals surface area contributed by atoms with Crippen LogP contribution >= 0.6 is 11.3 Å². The fourth-order valence-electron chi connectivity index (χ4n) is 3.02. The number of rotatable bonds is 10. The van der Waals surface area contributed by atoms with Crippen molar-refractivity contribution in [2.75, 3.05) is 32.8 Å². The summed E-state index contributed by atoms with van der Waals surface area (Å²) in [5.74, 6) is 0.843. The van der Waals surface area contributed by atoms with E-state index in [0.717, 1.165) is 38.3 Å². The minimum atomic E-state index is 0.0243. The van der Waals surface area contributed by atoms with Crippen molar-refractivity contribution in [3.63, 3.8) is 0 Å². The first kappa shape index (κ1) is 18.9. The molecule has 1 aromatic carbocycles. The topological polar surface area (TPSA) is 50.8 Å². The minimum absolute atomic E-state index is 0.0243. The van der Waals surface area contributed by atoms with Crippen LogP contribution in [0.15, 0.2) is 47.8 Å². The summed E-state index contributed by atoms with van der Waals surface area (Å²) in [6, 6.07) is 13.8. The lowest BCUT2D eigenvalue weighted by Gasteiger charge is -2.24. The molecular formula is C20H26N2O3S. The standard InChI is InChI=1S/C20H26N2O3S/c23-20(21-10-12-25-17-6-2-1-3-7-17)16-22(14-18-8-4-11-24-18)15-19-9-5-13-26-19/h1-3,5-7,9,13,18H,4,8,10-12,14-16H2,(H,21,23). The number of thiophene rings is 1. The lowest BCUT2D eigenvalue weighted by atomic mass is 10.2. The van der Waals surface area contributed by atoms with Crippen molar-refractivity contribution < 1.29 is 14.3 Å².